The van der Waals surface area contributed by atoms with Crippen molar-refractivity contribution in [1.82, 2.24) is 15.2 Å². The summed E-state index contributed by atoms with van der Waals surface area (Å²) in [5.41, 5.74) is 1.29. The highest BCUT2D eigenvalue weighted by molar-refractivity contribution is 6.02. The van der Waals surface area contributed by atoms with E-state index >= 15 is 0 Å². The van der Waals surface area contributed by atoms with Crippen LogP contribution >= 0.6 is 0 Å². The number of imide groups is 1. The average Bonchev–Trinajstić information content (AvgIpc) is 2.84. The second-order valence-electron chi connectivity index (χ2n) is 8.51. The Morgan fingerprint density at radius 1 is 1.14 bits per heavy atom. The molecule has 0 spiro atoms. The number of aliphatic hydroxyl groups is 1. The second kappa shape index (κ2) is 9.94. The van der Waals surface area contributed by atoms with Gasteiger partial charge in [0.05, 0.1) is 24.6 Å². The third kappa shape index (κ3) is 5.01. The third-order valence-electron chi connectivity index (χ3n) is 6.17. The van der Waals surface area contributed by atoms with Crippen LogP contribution in [0.1, 0.15) is 24.1 Å². The minimum atomic E-state index is -5.07. The molecule has 11 heteroatoms. The first-order chi connectivity index (χ1) is 17.1. The molecule has 1 aliphatic heterocycles. The van der Waals surface area contributed by atoms with Crippen molar-refractivity contribution in [3.05, 3.63) is 71.9 Å². The van der Waals surface area contributed by atoms with Gasteiger partial charge in [0.1, 0.15) is 5.82 Å². The number of hydrogen-bond donors (Lipinski definition) is 3. The van der Waals surface area contributed by atoms with E-state index in [1.54, 1.807) is 12.2 Å². The van der Waals surface area contributed by atoms with E-state index in [1.807, 2.05) is 42.5 Å². The largest absolute Gasteiger partial charge is 0.471 e. The number of aliphatic hydroxyl groups excluding tert-OH is 1. The number of urea groups is 1. The summed E-state index contributed by atoms with van der Waals surface area (Å²) < 4.78 is 37.5. The van der Waals surface area contributed by atoms with Crippen LogP contribution in [-0.2, 0) is 16.0 Å². The molecule has 0 bridgehead atoms. The van der Waals surface area contributed by atoms with Crippen LogP contribution in [-0.4, -0.2) is 51.7 Å². The molecule has 0 radical (unpaired) electrons. The van der Waals surface area contributed by atoms with E-state index in [4.69, 9.17) is 0 Å². The molecule has 3 N–H and O–H groups in total. The minimum absolute atomic E-state index is 0.0458. The predicted molar refractivity (Wildman–Crippen MR) is 125 cm³/mol. The number of benzene rings is 2. The Kier molecular flexibility index (Phi) is 6.93. The molecule has 1 aliphatic rings. The first-order valence-electron chi connectivity index (χ1n) is 11.2. The number of likely N-dealkylation sites (tertiary alicyclic amines) is 1. The number of rotatable bonds is 6. The van der Waals surface area contributed by atoms with Crippen LogP contribution in [0, 0.1) is 5.92 Å². The summed E-state index contributed by atoms with van der Waals surface area (Å²) in [4.78, 5) is 41.5. The lowest BCUT2D eigenvalue weighted by Gasteiger charge is -2.45. The SMILES string of the molecule is C[C@@H](NC(=O)N1C(=O)[C@H](Cc2ccnc(NC(=O)C(F)(F)F)c2)[C@H]1CO)c1cccc2ccccc12. The number of nitrogens with one attached hydrogen (secondary N) is 2. The van der Waals surface area contributed by atoms with Crippen molar-refractivity contribution in [2.24, 2.45) is 5.92 Å². The molecule has 188 valence electrons. The number of alkyl halides is 3. The van der Waals surface area contributed by atoms with Gasteiger partial charge in [-0.2, -0.15) is 13.2 Å². The van der Waals surface area contributed by atoms with Gasteiger partial charge >= 0.3 is 18.1 Å². The van der Waals surface area contributed by atoms with Crippen molar-refractivity contribution in [3.8, 4) is 0 Å². The fourth-order valence-electron chi connectivity index (χ4n) is 4.36. The van der Waals surface area contributed by atoms with E-state index in [0.717, 1.165) is 21.2 Å². The van der Waals surface area contributed by atoms with Gasteiger partial charge in [-0.25, -0.2) is 9.78 Å². The number of carbonyl (C=O) groups excluding carboxylic acids is 3. The molecule has 1 saturated heterocycles. The van der Waals surface area contributed by atoms with Crippen LogP contribution < -0.4 is 10.6 Å². The first kappa shape index (κ1) is 25.1. The Balaban J connectivity index is 1.43. The normalized spacial score (nSPS) is 18.5. The molecule has 1 aromatic heterocycles. The number of hydrogen-bond acceptors (Lipinski definition) is 5. The monoisotopic (exact) mass is 500 g/mol. The van der Waals surface area contributed by atoms with E-state index in [9.17, 15) is 32.7 Å². The van der Waals surface area contributed by atoms with Gasteiger partial charge in [-0.05, 0) is 47.4 Å². The summed E-state index contributed by atoms with van der Waals surface area (Å²) in [6, 6.07) is 14.2. The summed E-state index contributed by atoms with van der Waals surface area (Å²) in [5.74, 6) is -3.76. The molecule has 3 aromatic rings. The lowest BCUT2D eigenvalue weighted by molar-refractivity contribution is -0.167. The van der Waals surface area contributed by atoms with Crippen molar-refractivity contribution in [1.29, 1.82) is 0 Å². The number of nitrogens with zero attached hydrogens (tertiary/aromatic N) is 2. The van der Waals surface area contributed by atoms with Crippen molar-refractivity contribution < 1.29 is 32.7 Å². The van der Waals surface area contributed by atoms with Gasteiger partial charge in [0.25, 0.3) is 0 Å². The van der Waals surface area contributed by atoms with E-state index < -0.39 is 48.6 Å². The number of pyridine rings is 1. The van der Waals surface area contributed by atoms with E-state index in [0.29, 0.717) is 5.56 Å². The summed E-state index contributed by atoms with van der Waals surface area (Å²) in [6.45, 7) is 1.32. The van der Waals surface area contributed by atoms with Gasteiger partial charge in [-0.15, -0.1) is 0 Å². The Labute approximate surface area is 204 Å². The third-order valence-corrected chi connectivity index (χ3v) is 6.17. The molecule has 2 aromatic carbocycles. The summed E-state index contributed by atoms with van der Waals surface area (Å²) in [5, 5.41) is 16.3. The average molecular weight is 500 g/mol. The van der Waals surface area contributed by atoms with E-state index in [2.05, 4.69) is 10.3 Å². The summed E-state index contributed by atoms with van der Waals surface area (Å²) in [7, 11) is 0. The molecular weight excluding hydrogens is 477 g/mol. The van der Waals surface area contributed by atoms with Crippen LogP contribution in [0.15, 0.2) is 60.8 Å². The maximum absolute atomic E-state index is 12.9. The standard InChI is InChI=1S/C25H23F3N4O4/c1-14(17-8-4-6-16-5-2-3-7-18(16)17)30-24(36)32-20(13-33)19(22(32)34)11-15-9-10-29-21(12-15)31-23(35)25(26,27)28/h2-10,12,14,19-20,33H,11,13H2,1H3,(H,30,36)(H,29,31,35)/t14-,19-,20-/m1/s1. The number of carbonyl (C=O) groups is 3. The molecule has 0 saturated carbocycles. The zero-order chi connectivity index (χ0) is 26.0. The molecule has 2 heterocycles. The number of anilines is 1. The number of aromatic nitrogens is 1. The lowest BCUT2D eigenvalue weighted by atomic mass is 9.83. The molecule has 4 rings (SSSR count). The molecule has 8 nitrogen and oxygen atoms in total. The van der Waals surface area contributed by atoms with Gasteiger partial charge < -0.3 is 15.7 Å². The highest BCUT2D eigenvalue weighted by atomic mass is 19.4. The van der Waals surface area contributed by atoms with E-state index in [1.165, 1.54) is 18.3 Å². The fourth-order valence-corrected chi connectivity index (χ4v) is 4.36. The number of β-lactam (4-membered cyclic amide) rings is 1. The second-order valence-corrected chi connectivity index (χ2v) is 8.51. The first-order valence-corrected chi connectivity index (χ1v) is 11.2. The summed E-state index contributed by atoms with van der Waals surface area (Å²) in [6.07, 6.45) is -3.82. The van der Waals surface area contributed by atoms with Crippen LogP contribution in [0.5, 0.6) is 0 Å². The summed E-state index contributed by atoms with van der Waals surface area (Å²) >= 11 is 0. The van der Waals surface area contributed by atoms with Gasteiger partial charge in [-0.1, -0.05) is 42.5 Å². The van der Waals surface area contributed by atoms with Gasteiger partial charge in [0.15, 0.2) is 0 Å². The molecule has 0 unspecified atom stereocenters. The highest BCUT2D eigenvalue weighted by Gasteiger charge is 2.50. The van der Waals surface area contributed by atoms with Crippen molar-refractivity contribution in [3.63, 3.8) is 0 Å². The molecule has 3 atom stereocenters. The van der Waals surface area contributed by atoms with Crippen molar-refractivity contribution in [2.75, 3.05) is 11.9 Å². The molecule has 1 fully saturated rings. The lowest BCUT2D eigenvalue weighted by Crippen LogP contribution is -2.67. The number of fused-ring (bicyclic) bond motifs is 1. The minimum Gasteiger partial charge on any atom is -0.394 e. The Bertz CT molecular complexity index is 1310. The molecule has 36 heavy (non-hydrogen) atoms. The fraction of sp³-hybridized carbons (Fsp3) is 0.280. The zero-order valence-electron chi connectivity index (χ0n) is 19.1. The zero-order valence-corrected chi connectivity index (χ0v) is 19.1. The van der Waals surface area contributed by atoms with Gasteiger partial charge in [0, 0.05) is 6.20 Å². The topological polar surface area (TPSA) is 112 Å². The van der Waals surface area contributed by atoms with Crippen LogP contribution in [0.3, 0.4) is 0 Å². The predicted octanol–water partition coefficient (Wildman–Crippen LogP) is 3.57. The quantitative estimate of drug-likeness (QED) is 0.448. The van der Waals surface area contributed by atoms with Crippen LogP contribution in [0.25, 0.3) is 10.8 Å². The van der Waals surface area contributed by atoms with Gasteiger partial charge in [0.2, 0.25) is 5.91 Å². The molecule has 0 aliphatic carbocycles. The van der Waals surface area contributed by atoms with Crippen molar-refractivity contribution in [2.45, 2.75) is 31.6 Å². The highest BCUT2D eigenvalue weighted by Crippen LogP contribution is 2.31. The molecular formula is C25H23F3N4O4. The van der Waals surface area contributed by atoms with Crippen molar-refractivity contribution >= 4 is 34.4 Å². The maximum Gasteiger partial charge on any atom is 0.471 e. The number of halogens is 3. The van der Waals surface area contributed by atoms with E-state index in [-0.39, 0.29) is 12.2 Å². The molecule has 4 amide bonds. The van der Waals surface area contributed by atoms with Gasteiger partial charge in [-0.3, -0.25) is 14.5 Å². The van der Waals surface area contributed by atoms with Crippen LogP contribution in [0.2, 0.25) is 0 Å². The Morgan fingerprint density at radius 2 is 1.86 bits per heavy atom. The number of amides is 4. The maximum atomic E-state index is 12.9. The smallest absolute Gasteiger partial charge is 0.394 e. The Hall–Kier alpha value is -3.99. The van der Waals surface area contributed by atoms with Crippen LogP contribution in [0.4, 0.5) is 23.8 Å². The Morgan fingerprint density at radius 3 is 2.58 bits per heavy atom.